The van der Waals surface area contributed by atoms with E-state index in [-0.39, 0.29) is 44.3 Å². The minimum atomic E-state index is -0.938. The molecule has 0 bridgehead atoms. The maximum atomic E-state index is 13.1. The third-order valence-electron chi connectivity index (χ3n) is 5.04. The zero-order valence-electron chi connectivity index (χ0n) is 15.5. The van der Waals surface area contributed by atoms with Crippen molar-refractivity contribution in [3.8, 4) is 5.75 Å². The fourth-order valence-corrected chi connectivity index (χ4v) is 3.55. The highest BCUT2D eigenvalue weighted by molar-refractivity contribution is 5.95. The molecule has 2 aliphatic heterocycles. The number of amides is 1. The third-order valence-corrected chi connectivity index (χ3v) is 5.04. The molecule has 1 unspecified atom stereocenters. The third kappa shape index (κ3) is 3.68. The van der Waals surface area contributed by atoms with E-state index in [1.807, 2.05) is 0 Å². The number of carbonyl (C=O) groups is 1. The van der Waals surface area contributed by atoms with E-state index >= 15 is 0 Å². The maximum Gasteiger partial charge on any atom is 0.331 e. The van der Waals surface area contributed by atoms with E-state index < -0.39 is 29.0 Å². The summed E-state index contributed by atoms with van der Waals surface area (Å²) in [5, 5.41) is 10.4. The molecule has 1 saturated heterocycles. The van der Waals surface area contributed by atoms with Gasteiger partial charge in [0.25, 0.3) is 11.5 Å². The Labute approximate surface area is 164 Å². The fourth-order valence-electron chi connectivity index (χ4n) is 3.55. The molecule has 1 N–H and O–H groups in total. The standard InChI is InChI=1S/C19H20FN3O6/c20-13-3-1-12(2-4-13)9-21-5-6-22-15(17(21)25)16(24)18(26)23(19(22)27)10-14-11-28-7-8-29-14/h1-4,14,24H,5-11H2. The Balaban J connectivity index is 1.64. The summed E-state index contributed by atoms with van der Waals surface area (Å²) < 4.78 is 25.8. The summed E-state index contributed by atoms with van der Waals surface area (Å²) in [6.45, 7) is 1.47. The van der Waals surface area contributed by atoms with Crippen molar-refractivity contribution in [2.75, 3.05) is 26.4 Å². The van der Waals surface area contributed by atoms with Crippen LogP contribution in [0.15, 0.2) is 33.9 Å². The summed E-state index contributed by atoms with van der Waals surface area (Å²) in [6, 6.07) is 5.67. The van der Waals surface area contributed by atoms with Crippen molar-refractivity contribution in [2.45, 2.75) is 25.7 Å². The van der Waals surface area contributed by atoms with Crippen molar-refractivity contribution in [3.63, 3.8) is 0 Å². The molecule has 1 aromatic carbocycles. The molecule has 1 amide bonds. The Bertz CT molecular complexity index is 1040. The van der Waals surface area contributed by atoms with Gasteiger partial charge in [-0.25, -0.2) is 9.18 Å². The molecule has 4 rings (SSSR count). The van der Waals surface area contributed by atoms with E-state index in [1.165, 1.54) is 17.0 Å². The first kappa shape index (κ1) is 19.3. The summed E-state index contributed by atoms with van der Waals surface area (Å²) in [5.41, 5.74) is -1.25. The molecular formula is C19H20FN3O6. The molecule has 0 radical (unpaired) electrons. The van der Waals surface area contributed by atoms with Crippen LogP contribution < -0.4 is 11.2 Å². The van der Waals surface area contributed by atoms with Crippen LogP contribution >= 0.6 is 0 Å². The number of aromatic hydroxyl groups is 1. The number of fused-ring (bicyclic) bond motifs is 1. The van der Waals surface area contributed by atoms with Crippen LogP contribution in [0.4, 0.5) is 4.39 Å². The first-order valence-corrected chi connectivity index (χ1v) is 9.25. The normalized spacial score (nSPS) is 19.3. The number of hydrogen-bond acceptors (Lipinski definition) is 6. The molecule has 9 nitrogen and oxygen atoms in total. The lowest BCUT2D eigenvalue weighted by atomic mass is 10.1. The van der Waals surface area contributed by atoms with Crippen LogP contribution in [0.25, 0.3) is 0 Å². The van der Waals surface area contributed by atoms with Gasteiger partial charge < -0.3 is 19.5 Å². The number of nitrogens with zero attached hydrogens (tertiary/aromatic N) is 3. The highest BCUT2D eigenvalue weighted by atomic mass is 19.1. The lowest BCUT2D eigenvalue weighted by molar-refractivity contribution is -0.0944. The summed E-state index contributed by atoms with van der Waals surface area (Å²) in [5.74, 6) is -1.78. The average Bonchev–Trinajstić information content (AvgIpc) is 2.73. The van der Waals surface area contributed by atoms with Crippen LogP contribution in [0.2, 0.25) is 0 Å². The van der Waals surface area contributed by atoms with Gasteiger partial charge in [0.1, 0.15) is 5.82 Å². The van der Waals surface area contributed by atoms with Gasteiger partial charge in [-0.2, -0.15) is 0 Å². The van der Waals surface area contributed by atoms with Gasteiger partial charge in [-0.05, 0) is 17.7 Å². The Morgan fingerprint density at radius 2 is 1.86 bits per heavy atom. The smallest absolute Gasteiger partial charge is 0.331 e. The molecule has 3 heterocycles. The molecule has 1 fully saturated rings. The molecule has 2 aromatic rings. The molecular weight excluding hydrogens is 385 g/mol. The zero-order valence-corrected chi connectivity index (χ0v) is 15.5. The van der Waals surface area contributed by atoms with Gasteiger partial charge in [-0.15, -0.1) is 0 Å². The Morgan fingerprint density at radius 3 is 2.55 bits per heavy atom. The molecule has 0 aliphatic carbocycles. The second-order valence-electron chi connectivity index (χ2n) is 6.97. The largest absolute Gasteiger partial charge is 0.501 e. The van der Waals surface area contributed by atoms with Gasteiger partial charge in [-0.3, -0.25) is 18.7 Å². The second-order valence-corrected chi connectivity index (χ2v) is 6.97. The quantitative estimate of drug-likeness (QED) is 0.764. The first-order valence-electron chi connectivity index (χ1n) is 9.25. The molecule has 10 heteroatoms. The number of halogens is 1. The molecule has 29 heavy (non-hydrogen) atoms. The van der Waals surface area contributed by atoms with Gasteiger partial charge in [0.15, 0.2) is 5.69 Å². The Kier molecular flexibility index (Phi) is 5.20. The van der Waals surface area contributed by atoms with E-state index in [2.05, 4.69) is 0 Å². The van der Waals surface area contributed by atoms with E-state index in [9.17, 15) is 23.9 Å². The number of carbonyl (C=O) groups excluding carboxylic acids is 1. The van der Waals surface area contributed by atoms with E-state index in [4.69, 9.17) is 9.47 Å². The number of rotatable bonds is 4. The Hall–Kier alpha value is -2.98. The minimum absolute atomic E-state index is 0.0704. The molecule has 0 spiro atoms. The lowest BCUT2D eigenvalue weighted by Crippen LogP contribution is -2.51. The maximum absolute atomic E-state index is 13.1. The van der Waals surface area contributed by atoms with Gasteiger partial charge in [-0.1, -0.05) is 12.1 Å². The van der Waals surface area contributed by atoms with Gasteiger partial charge >= 0.3 is 5.69 Å². The highest BCUT2D eigenvalue weighted by Gasteiger charge is 2.32. The molecule has 154 valence electrons. The second kappa shape index (κ2) is 7.80. The number of benzene rings is 1. The van der Waals surface area contributed by atoms with E-state index in [0.29, 0.717) is 18.8 Å². The summed E-state index contributed by atoms with van der Waals surface area (Å²) in [4.78, 5) is 39.6. The number of ether oxygens (including phenoxy) is 2. The topological polar surface area (TPSA) is 103 Å². The summed E-state index contributed by atoms with van der Waals surface area (Å²) in [7, 11) is 0. The molecule has 0 saturated carbocycles. The van der Waals surface area contributed by atoms with Crippen molar-refractivity contribution >= 4 is 5.91 Å². The number of aromatic nitrogens is 2. The predicted molar refractivity (Wildman–Crippen MR) is 98.3 cm³/mol. The van der Waals surface area contributed by atoms with Gasteiger partial charge in [0.05, 0.1) is 32.5 Å². The van der Waals surface area contributed by atoms with Crippen LogP contribution in [0.1, 0.15) is 16.1 Å². The van der Waals surface area contributed by atoms with Crippen LogP contribution in [0.3, 0.4) is 0 Å². The van der Waals surface area contributed by atoms with Gasteiger partial charge in [0, 0.05) is 19.6 Å². The molecule has 1 aromatic heterocycles. The minimum Gasteiger partial charge on any atom is -0.501 e. The van der Waals surface area contributed by atoms with Crippen LogP contribution in [-0.2, 0) is 29.1 Å². The van der Waals surface area contributed by atoms with E-state index in [1.54, 1.807) is 12.1 Å². The van der Waals surface area contributed by atoms with Crippen molar-refractivity contribution < 1.29 is 23.8 Å². The fraction of sp³-hybridized carbons (Fsp3) is 0.421. The first-order chi connectivity index (χ1) is 14.0. The Morgan fingerprint density at radius 1 is 1.10 bits per heavy atom. The van der Waals surface area contributed by atoms with Crippen molar-refractivity contribution in [1.29, 1.82) is 0 Å². The molecule has 2 aliphatic rings. The SMILES string of the molecule is O=C1c2c(O)c(=O)n(CC3COCCO3)c(=O)n2CCN1Cc1ccc(F)cc1. The average molecular weight is 405 g/mol. The zero-order chi connectivity index (χ0) is 20.5. The van der Waals surface area contributed by atoms with Crippen LogP contribution in [-0.4, -0.2) is 57.5 Å². The predicted octanol–water partition coefficient (Wildman–Crippen LogP) is -0.0739. The summed E-state index contributed by atoms with van der Waals surface area (Å²) in [6.07, 6.45) is -0.485. The monoisotopic (exact) mass is 405 g/mol. The highest BCUT2D eigenvalue weighted by Crippen LogP contribution is 2.19. The number of hydrogen-bond donors (Lipinski definition) is 1. The van der Waals surface area contributed by atoms with E-state index in [0.717, 1.165) is 9.13 Å². The van der Waals surface area contributed by atoms with Crippen molar-refractivity contribution in [1.82, 2.24) is 14.0 Å². The van der Waals surface area contributed by atoms with Crippen LogP contribution in [0, 0.1) is 5.82 Å². The van der Waals surface area contributed by atoms with Crippen LogP contribution in [0.5, 0.6) is 5.75 Å². The van der Waals surface area contributed by atoms with Crippen molar-refractivity contribution in [2.24, 2.45) is 0 Å². The summed E-state index contributed by atoms with van der Waals surface area (Å²) >= 11 is 0. The van der Waals surface area contributed by atoms with Crippen molar-refractivity contribution in [3.05, 3.63) is 62.2 Å². The lowest BCUT2D eigenvalue weighted by Gasteiger charge is -2.30. The van der Waals surface area contributed by atoms with Gasteiger partial charge in [0.2, 0.25) is 5.75 Å². The molecule has 1 atom stereocenters.